The Balaban J connectivity index is 1.60. The average molecular weight is 336 g/mol. The van der Waals surface area contributed by atoms with Crippen molar-refractivity contribution in [2.45, 2.75) is 43.8 Å². The van der Waals surface area contributed by atoms with Crippen LogP contribution in [0.25, 0.3) is 11.2 Å². The molecular weight excluding hydrogens is 316 g/mol. The Labute approximate surface area is 137 Å². The fraction of sp³-hybridized carbons (Fsp3) is 0.571. The van der Waals surface area contributed by atoms with Crippen LogP contribution in [0.5, 0.6) is 0 Å². The topological polar surface area (TPSA) is 130 Å². The number of imidazole rings is 1. The summed E-state index contributed by atoms with van der Waals surface area (Å²) in [5.74, 6) is 0.774. The van der Waals surface area contributed by atoms with E-state index in [2.05, 4.69) is 32.2 Å². The summed E-state index contributed by atoms with van der Waals surface area (Å²) < 4.78 is 0. The van der Waals surface area contributed by atoms with E-state index < -0.39 is 0 Å². The van der Waals surface area contributed by atoms with Crippen LogP contribution in [0.4, 0.5) is 5.95 Å². The van der Waals surface area contributed by atoms with Crippen molar-refractivity contribution < 1.29 is 4.79 Å². The number of hydrogen-bond donors (Lipinski definition) is 4. The summed E-state index contributed by atoms with van der Waals surface area (Å²) in [5, 5.41) is 3.57. The number of amides is 1. The van der Waals surface area contributed by atoms with Crippen LogP contribution in [0.3, 0.4) is 0 Å². The zero-order chi connectivity index (χ0) is 16.4. The maximum Gasteiger partial charge on any atom is 0.278 e. The number of nitrogens with one attached hydrogen (secondary N) is 3. The SMILES string of the molecule is C[C@@H]1CCCC[C@@H]1NC(=O)CSc1nc2nc(N)[nH]c(=O)c2[nH]1. The third kappa shape index (κ3) is 3.66. The fourth-order valence-corrected chi connectivity index (χ4v) is 3.56. The first kappa shape index (κ1) is 15.9. The molecule has 0 bridgehead atoms. The first-order chi connectivity index (χ1) is 11.0. The summed E-state index contributed by atoms with van der Waals surface area (Å²) in [6.45, 7) is 2.18. The van der Waals surface area contributed by atoms with Crippen LogP contribution in [0.2, 0.25) is 0 Å². The van der Waals surface area contributed by atoms with Crippen molar-refractivity contribution in [1.82, 2.24) is 25.3 Å². The van der Waals surface area contributed by atoms with Crippen LogP contribution in [0.1, 0.15) is 32.6 Å². The summed E-state index contributed by atoms with van der Waals surface area (Å²) in [5.41, 5.74) is 5.64. The van der Waals surface area contributed by atoms with Gasteiger partial charge >= 0.3 is 0 Å². The van der Waals surface area contributed by atoms with Gasteiger partial charge in [-0.05, 0) is 18.8 Å². The van der Waals surface area contributed by atoms with Crippen LogP contribution in [-0.2, 0) is 4.79 Å². The molecule has 124 valence electrons. The molecule has 1 saturated carbocycles. The molecule has 0 aliphatic heterocycles. The lowest BCUT2D eigenvalue weighted by Crippen LogP contribution is -2.41. The number of aromatic amines is 2. The highest BCUT2D eigenvalue weighted by molar-refractivity contribution is 7.99. The minimum atomic E-state index is -0.368. The largest absolute Gasteiger partial charge is 0.369 e. The standard InChI is InChI=1S/C14H20N6O2S/c1-7-4-2-3-5-8(7)16-9(21)6-23-14-17-10-11(19-14)18-13(15)20-12(10)22/h7-8H,2-6H2,1H3,(H,16,21)(H4,15,17,18,19,20,22)/t7-,8+/m1/s1. The minimum absolute atomic E-state index is 0.0180. The lowest BCUT2D eigenvalue weighted by molar-refractivity contribution is -0.119. The van der Waals surface area contributed by atoms with Crippen LogP contribution in [-0.4, -0.2) is 37.6 Å². The predicted molar refractivity (Wildman–Crippen MR) is 89.2 cm³/mol. The maximum absolute atomic E-state index is 12.1. The monoisotopic (exact) mass is 336 g/mol. The van der Waals surface area contributed by atoms with Crippen molar-refractivity contribution in [3.63, 3.8) is 0 Å². The number of nitrogens with two attached hydrogens (primary N) is 1. The molecule has 23 heavy (non-hydrogen) atoms. The molecule has 1 aliphatic rings. The maximum atomic E-state index is 12.1. The molecule has 2 atom stereocenters. The van der Waals surface area contributed by atoms with Crippen LogP contribution in [0, 0.1) is 5.92 Å². The lowest BCUT2D eigenvalue weighted by atomic mass is 9.86. The van der Waals surface area contributed by atoms with E-state index in [9.17, 15) is 9.59 Å². The Morgan fingerprint density at radius 2 is 2.13 bits per heavy atom. The molecule has 1 aliphatic carbocycles. The van der Waals surface area contributed by atoms with Crippen LogP contribution >= 0.6 is 11.8 Å². The number of rotatable bonds is 4. The highest BCUT2D eigenvalue weighted by Crippen LogP contribution is 2.24. The van der Waals surface area contributed by atoms with Gasteiger partial charge in [0.1, 0.15) is 0 Å². The number of anilines is 1. The Bertz CT molecular complexity index is 770. The number of carbonyl (C=O) groups excluding carboxylic acids is 1. The van der Waals surface area contributed by atoms with Crippen molar-refractivity contribution >= 4 is 34.8 Å². The van der Waals surface area contributed by atoms with E-state index in [1.165, 1.54) is 24.6 Å². The number of aromatic nitrogens is 4. The molecule has 1 fully saturated rings. The summed E-state index contributed by atoms with van der Waals surface area (Å²) in [6, 6.07) is 0.261. The molecule has 8 nitrogen and oxygen atoms in total. The van der Waals surface area contributed by atoms with Crippen molar-refractivity contribution in [2.24, 2.45) is 5.92 Å². The predicted octanol–water partition coefficient (Wildman–Crippen LogP) is 1.02. The Morgan fingerprint density at radius 1 is 1.35 bits per heavy atom. The quantitative estimate of drug-likeness (QED) is 0.617. The normalized spacial score (nSPS) is 21.4. The van der Waals surface area contributed by atoms with Gasteiger partial charge < -0.3 is 16.0 Å². The number of thioether (sulfide) groups is 1. The smallest absolute Gasteiger partial charge is 0.278 e. The lowest BCUT2D eigenvalue weighted by Gasteiger charge is -2.29. The number of carbonyl (C=O) groups is 1. The molecule has 1 amide bonds. The Morgan fingerprint density at radius 3 is 2.91 bits per heavy atom. The summed E-state index contributed by atoms with van der Waals surface area (Å²) in [6.07, 6.45) is 4.62. The van der Waals surface area contributed by atoms with Gasteiger partial charge in [0.25, 0.3) is 5.56 Å². The van der Waals surface area contributed by atoms with E-state index in [-0.39, 0.29) is 40.4 Å². The zero-order valence-electron chi connectivity index (χ0n) is 12.9. The average Bonchev–Trinajstić information content (AvgIpc) is 2.91. The summed E-state index contributed by atoms with van der Waals surface area (Å²) >= 11 is 1.25. The molecule has 0 aromatic carbocycles. The molecular formula is C14H20N6O2S. The highest BCUT2D eigenvalue weighted by Gasteiger charge is 2.22. The van der Waals surface area contributed by atoms with Crippen LogP contribution < -0.4 is 16.6 Å². The fourth-order valence-electron chi connectivity index (χ4n) is 2.88. The van der Waals surface area contributed by atoms with Gasteiger partial charge in [0.05, 0.1) is 5.75 Å². The summed E-state index contributed by atoms with van der Waals surface area (Å²) in [4.78, 5) is 37.2. The van der Waals surface area contributed by atoms with Crippen molar-refractivity contribution in [1.29, 1.82) is 0 Å². The van der Waals surface area contributed by atoms with Gasteiger partial charge in [0, 0.05) is 6.04 Å². The number of H-pyrrole nitrogens is 2. The molecule has 2 heterocycles. The second kappa shape index (κ2) is 6.61. The molecule has 0 saturated heterocycles. The van der Waals surface area contributed by atoms with Gasteiger partial charge in [-0.3, -0.25) is 14.6 Å². The molecule has 3 rings (SSSR count). The summed E-state index contributed by atoms with van der Waals surface area (Å²) in [7, 11) is 0. The first-order valence-electron chi connectivity index (χ1n) is 7.70. The second-order valence-corrected chi connectivity index (χ2v) is 6.88. The van der Waals surface area contributed by atoms with Crippen molar-refractivity contribution in [3.8, 4) is 0 Å². The number of nitrogen functional groups attached to an aromatic ring is 1. The number of fused-ring (bicyclic) bond motifs is 1. The Hall–Kier alpha value is -2.03. The van der Waals surface area contributed by atoms with E-state index in [1.54, 1.807) is 0 Å². The molecule has 0 spiro atoms. The molecule has 9 heteroatoms. The van der Waals surface area contributed by atoms with Gasteiger partial charge in [-0.2, -0.15) is 4.98 Å². The van der Waals surface area contributed by atoms with E-state index in [4.69, 9.17) is 5.73 Å². The Kier molecular flexibility index (Phi) is 4.56. The van der Waals surface area contributed by atoms with E-state index in [1.807, 2.05) is 0 Å². The number of nitrogens with zero attached hydrogens (tertiary/aromatic N) is 2. The highest BCUT2D eigenvalue weighted by atomic mass is 32.2. The zero-order valence-corrected chi connectivity index (χ0v) is 13.7. The third-order valence-electron chi connectivity index (χ3n) is 4.16. The van der Waals surface area contributed by atoms with Gasteiger partial charge in [0.2, 0.25) is 11.9 Å². The van der Waals surface area contributed by atoms with E-state index in [0.717, 1.165) is 12.8 Å². The molecule has 2 aromatic rings. The van der Waals surface area contributed by atoms with Gasteiger partial charge in [-0.1, -0.05) is 31.5 Å². The van der Waals surface area contributed by atoms with E-state index in [0.29, 0.717) is 11.1 Å². The van der Waals surface area contributed by atoms with Gasteiger partial charge in [-0.15, -0.1) is 0 Å². The minimum Gasteiger partial charge on any atom is -0.369 e. The first-order valence-corrected chi connectivity index (χ1v) is 8.69. The van der Waals surface area contributed by atoms with Crippen molar-refractivity contribution in [3.05, 3.63) is 10.4 Å². The van der Waals surface area contributed by atoms with Gasteiger partial charge in [0.15, 0.2) is 16.3 Å². The molecule has 2 aromatic heterocycles. The molecule has 0 radical (unpaired) electrons. The van der Waals surface area contributed by atoms with Crippen molar-refractivity contribution in [2.75, 3.05) is 11.5 Å². The van der Waals surface area contributed by atoms with Gasteiger partial charge in [-0.25, -0.2) is 4.98 Å². The molecule has 0 unspecified atom stereocenters. The number of hydrogen-bond acceptors (Lipinski definition) is 6. The van der Waals surface area contributed by atoms with Crippen LogP contribution in [0.15, 0.2) is 9.95 Å². The molecule has 5 N–H and O–H groups in total. The second-order valence-electron chi connectivity index (χ2n) is 5.92. The van der Waals surface area contributed by atoms with E-state index >= 15 is 0 Å². The third-order valence-corrected chi connectivity index (χ3v) is 5.03.